The first kappa shape index (κ1) is 23.4. The Hall–Kier alpha value is -2.05. The highest BCUT2D eigenvalue weighted by atomic mass is 16.7. The average Bonchev–Trinajstić information content (AvgIpc) is 3.10. The summed E-state index contributed by atoms with van der Waals surface area (Å²) in [6, 6.07) is 0. The van der Waals surface area contributed by atoms with Crippen molar-refractivity contribution in [1.82, 2.24) is 0 Å². The Morgan fingerprint density at radius 2 is 1.83 bits per heavy atom. The summed E-state index contributed by atoms with van der Waals surface area (Å²) in [6.07, 6.45) is 5.59. The maximum atomic E-state index is 13.2. The maximum Gasteiger partial charge on any atom is 0.304 e. The summed E-state index contributed by atoms with van der Waals surface area (Å²) in [5, 5.41) is 0. The molecular weight excluding hydrogens is 444 g/mol. The van der Waals surface area contributed by atoms with Crippen molar-refractivity contribution in [2.24, 2.45) is 28.1 Å². The van der Waals surface area contributed by atoms with Crippen LogP contribution in [-0.4, -0.2) is 42.1 Å². The first-order valence-electron chi connectivity index (χ1n) is 13.0. The molecule has 2 spiro atoms. The average molecular weight is 481 g/mol. The number of carbonyl (C=O) groups excluding carboxylic acids is 3. The molecule has 6 heteroatoms. The Labute approximate surface area is 207 Å². The predicted molar refractivity (Wildman–Crippen MR) is 128 cm³/mol. The summed E-state index contributed by atoms with van der Waals surface area (Å²) in [4.78, 5) is 38.4. The smallest absolute Gasteiger partial charge is 0.304 e. The molecule has 0 aromatic heterocycles. The van der Waals surface area contributed by atoms with Gasteiger partial charge in [0.2, 0.25) is 6.29 Å². The number of ether oxygens (including phenoxy) is 3. The molecule has 0 radical (unpaired) electrons. The van der Waals surface area contributed by atoms with Gasteiger partial charge >= 0.3 is 5.97 Å². The van der Waals surface area contributed by atoms with Gasteiger partial charge in [-0.2, -0.15) is 0 Å². The molecule has 9 atom stereocenters. The van der Waals surface area contributed by atoms with Crippen molar-refractivity contribution in [3.05, 3.63) is 34.4 Å². The highest BCUT2D eigenvalue weighted by molar-refractivity contribution is 5.96. The zero-order valence-corrected chi connectivity index (χ0v) is 21.6. The second-order valence-corrected chi connectivity index (χ2v) is 12.2. The number of esters is 1. The summed E-state index contributed by atoms with van der Waals surface area (Å²) < 4.78 is 19.5. The van der Waals surface area contributed by atoms with Gasteiger partial charge < -0.3 is 14.2 Å². The minimum atomic E-state index is -0.747. The quantitative estimate of drug-likeness (QED) is 0.402. The third-order valence-electron chi connectivity index (χ3n) is 10.9. The molecule has 9 unspecified atom stereocenters. The van der Waals surface area contributed by atoms with E-state index in [2.05, 4.69) is 33.8 Å². The lowest BCUT2D eigenvalue weighted by atomic mass is 9.38. The summed E-state index contributed by atoms with van der Waals surface area (Å²) in [5.74, 6) is 0.0815. The van der Waals surface area contributed by atoms with Gasteiger partial charge in [0.05, 0.1) is 23.7 Å². The van der Waals surface area contributed by atoms with E-state index in [4.69, 9.17) is 14.2 Å². The lowest BCUT2D eigenvalue weighted by molar-refractivity contribution is -0.219. The molecule has 0 N–H and O–H groups in total. The fourth-order valence-corrected chi connectivity index (χ4v) is 9.54. The van der Waals surface area contributed by atoms with E-state index in [0.717, 1.165) is 35.1 Å². The highest BCUT2D eigenvalue weighted by Gasteiger charge is 2.80. The number of hydrogen-bond donors (Lipinski definition) is 0. The normalized spacial score (nSPS) is 48.3. The minimum absolute atomic E-state index is 0.00681. The second-order valence-electron chi connectivity index (χ2n) is 12.2. The lowest BCUT2D eigenvalue weighted by Crippen LogP contribution is -2.64. The zero-order valence-electron chi connectivity index (χ0n) is 21.6. The van der Waals surface area contributed by atoms with Gasteiger partial charge in [0.15, 0.2) is 11.6 Å². The molecule has 1 saturated carbocycles. The van der Waals surface area contributed by atoms with Crippen molar-refractivity contribution in [2.75, 3.05) is 0 Å². The molecule has 6 rings (SSSR count). The minimum Gasteiger partial charge on any atom is -0.435 e. The Morgan fingerprint density at radius 3 is 2.54 bits per heavy atom. The van der Waals surface area contributed by atoms with E-state index in [0.29, 0.717) is 12.8 Å². The van der Waals surface area contributed by atoms with E-state index in [1.54, 1.807) is 0 Å². The highest BCUT2D eigenvalue weighted by Crippen LogP contribution is 2.78. The van der Waals surface area contributed by atoms with Crippen LogP contribution in [0.2, 0.25) is 0 Å². The van der Waals surface area contributed by atoms with Crippen LogP contribution in [0.15, 0.2) is 34.4 Å². The van der Waals surface area contributed by atoms with Gasteiger partial charge in [-0.15, -0.1) is 0 Å². The summed E-state index contributed by atoms with van der Waals surface area (Å²) >= 11 is 0. The molecule has 3 fully saturated rings. The lowest BCUT2D eigenvalue weighted by Gasteiger charge is -2.63. The topological polar surface area (TPSA) is 78.9 Å². The molecule has 2 heterocycles. The number of hydrogen-bond acceptors (Lipinski definition) is 6. The van der Waals surface area contributed by atoms with Crippen molar-refractivity contribution >= 4 is 17.5 Å². The largest absolute Gasteiger partial charge is 0.435 e. The van der Waals surface area contributed by atoms with Crippen LogP contribution in [-0.2, 0) is 28.6 Å². The van der Waals surface area contributed by atoms with Crippen LogP contribution in [0.25, 0.3) is 0 Å². The van der Waals surface area contributed by atoms with Crippen LogP contribution < -0.4 is 0 Å². The van der Waals surface area contributed by atoms with E-state index in [-0.39, 0.29) is 59.5 Å². The molecule has 0 bridgehead atoms. The molecule has 0 aromatic carbocycles. The van der Waals surface area contributed by atoms with Crippen molar-refractivity contribution in [3.63, 3.8) is 0 Å². The van der Waals surface area contributed by atoms with Crippen molar-refractivity contribution in [3.8, 4) is 0 Å². The Balaban J connectivity index is 1.63. The fourth-order valence-electron chi connectivity index (χ4n) is 9.54. The summed E-state index contributed by atoms with van der Waals surface area (Å²) in [7, 11) is 0. The SMILES string of the molecule is CC(=O)OC1OC2CC(=O)C(C)=C(C)CC23C(C)=CC2OC4CC(=O)C=C(C)C5CCC13C2C45C. The van der Waals surface area contributed by atoms with E-state index >= 15 is 0 Å². The van der Waals surface area contributed by atoms with Crippen molar-refractivity contribution in [2.45, 2.75) is 98.2 Å². The van der Waals surface area contributed by atoms with Crippen LogP contribution in [0.3, 0.4) is 0 Å². The third-order valence-corrected chi connectivity index (χ3v) is 10.9. The van der Waals surface area contributed by atoms with E-state index in [1.165, 1.54) is 6.92 Å². The van der Waals surface area contributed by atoms with Crippen LogP contribution in [0.4, 0.5) is 0 Å². The van der Waals surface area contributed by atoms with E-state index in [9.17, 15) is 14.4 Å². The predicted octanol–water partition coefficient (Wildman–Crippen LogP) is 4.63. The summed E-state index contributed by atoms with van der Waals surface area (Å²) in [5.41, 5.74) is 2.90. The Morgan fingerprint density at radius 1 is 1.09 bits per heavy atom. The van der Waals surface area contributed by atoms with Crippen LogP contribution >= 0.6 is 0 Å². The number of allylic oxidation sites excluding steroid dienone is 4. The second kappa shape index (κ2) is 7.25. The maximum absolute atomic E-state index is 13.2. The van der Waals surface area contributed by atoms with Gasteiger partial charge in [-0.1, -0.05) is 29.7 Å². The summed E-state index contributed by atoms with van der Waals surface area (Å²) in [6.45, 7) is 11.9. The van der Waals surface area contributed by atoms with Gasteiger partial charge in [-0.05, 0) is 64.5 Å². The molecule has 2 aliphatic heterocycles. The van der Waals surface area contributed by atoms with Gasteiger partial charge in [-0.3, -0.25) is 14.4 Å². The van der Waals surface area contributed by atoms with E-state index < -0.39 is 17.1 Å². The van der Waals surface area contributed by atoms with Crippen LogP contribution in [0.1, 0.15) is 73.6 Å². The molecule has 0 aromatic rings. The van der Waals surface area contributed by atoms with Gasteiger partial charge in [-0.25, -0.2) is 0 Å². The standard InChI is InChI=1S/C29H36O6/c1-14-9-19(31)11-23-27(6)20(14)7-8-28-25(27)22(34-23)10-16(3)29(28)13-15(2)17(4)21(32)12-24(29)35-26(28)33-18(5)30/h9-10,20,22-26H,7-8,11-13H2,1-6H3. The van der Waals surface area contributed by atoms with Crippen molar-refractivity contribution < 1.29 is 28.6 Å². The van der Waals surface area contributed by atoms with E-state index in [1.807, 2.05) is 13.0 Å². The number of carbonyl (C=O) groups is 3. The van der Waals surface area contributed by atoms with Crippen LogP contribution in [0.5, 0.6) is 0 Å². The first-order chi connectivity index (χ1) is 16.5. The third kappa shape index (κ3) is 2.65. The monoisotopic (exact) mass is 480 g/mol. The molecule has 6 aliphatic rings. The molecule has 188 valence electrons. The first-order valence-corrected chi connectivity index (χ1v) is 13.0. The Bertz CT molecular complexity index is 1140. The Kier molecular flexibility index (Phi) is 4.84. The molecule has 2 saturated heterocycles. The number of rotatable bonds is 1. The molecular formula is C29H36O6. The van der Waals surface area contributed by atoms with Crippen LogP contribution in [0, 0.1) is 28.1 Å². The number of Topliss-reactive ketones (excluding diaryl/α,β-unsaturated/α-hetero) is 1. The van der Waals surface area contributed by atoms with Gasteiger partial charge in [0.1, 0.15) is 0 Å². The molecule has 0 amide bonds. The van der Waals surface area contributed by atoms with Gasteiger partial charge in [0, 0.05) is 36.5 Å². The van der Waals surface area contributed by atoms with Crippen molar-refractivity contribution in [1.29, 1.82) is 0 Å². The zero-order chi connectivity index (χ0) is 25.1. The molecule has 6 nitrogen and oxygen atoms in total. The molecule has 4 aliphatic carbocycles. The number of ketones is 2. The molecule has 35 heavy (non-hydrogen) atoms. The fraction of sp³-hybridized carbons (Fsp3) is 0.690. The van der Waals surface area contributed by atoms with Gasteiger partial charge in [0.25, 0.3) is 0 Å².